The van der Waals surface area contributed by atoms with Gasteiger partial charge in [0.2, 0.25) is 0 Å². The monoisotopic (exact) mass is 409 g/mol. The molecule has 1 aliphatic heterocycles. The lowest BCUT2D eigenvalue weighted by molar-refractivity contribution is 0.0174. The van der Waals surface area contributed by atoms with Gasteiger partial charge in [0.1, 0.15) is 5.60 Å². The second kappa shape index (κ2) is 9.20. The van der Waals surface area contributed by atoms with Gasteiger partial charge in [-0.3, -0.25) is 0 Å². The third-order valence-corrected chi connectivity index (χ3v) is 5.23. The summed E-state index contributed by atoms with van der Waals surface area (Å²) in [6, 6.07) is 17.9. The van der Waals surface area contributed by atoms with Crippen molar-refractivity contribution in [1.29, 1.82) is 0 Å². The summed E-state index contributed by atoms with van der Waals surface area (Å²) in [6.45, 7) is 6.76. The van der Waals surface area contributed by atoms with E-state index in [0.717, 1.165) is 29.7 Å². The highest BCUT2D eigenvalue weighted by Crippen LogP contribution is 2.22. The molecule has 1 heterocycles. The summed E-state index contributed by atoms with van der Waals surface area (Å²) in [5.74, 6) is 0. The maximum absolute atomic E-state index is 12.7. The summed E-state index contributed by atoms with van der Waals surface area (Å²) in [5, 5.41) is 2.96. The summed E-state index contributed by atoms with van der Waals surface area (Å²) < 4.78 is 5.44. The molecule has 0 atom stereocenters. The van der Waals surface area contributed by atoms with Crippen LogP contribution in [0.2, 0.25) is 0 Å². The van der Waals surface area contributed by atoms with Gasteiger partial charge >= 0.3 is 12.1 Å². The van der Waals surface area contributed by atoms with Gasteiger partial charge in [0.05, 0.1) is 0 Å². The van der Waals surface area contributed by atoms with Gasteiger partial charge < -0.3 is 19.9 Å². The van der Waals surface area contributed by atoms with Crippen LogP contribution in [-0.4, -0.2) is 53.7 Å². The van der Waals surface area contributed by atoms with Crippen LogP contribution >= 0.6 is 0 Å². The zero-order chi connectivity index (χ0) is 21.7. The number of likely N-dealkylation sites (tertiary alicyclic amines) is 1. The predicted molar refractivity (Wildman–Crippen MR) is 119 cm³/mol. The molecule has 0 aromatic heterocycles. The van der Waals surface area contributed by atoms with E-state index in [9.17, 15) is 9.59 Å². The van der Waals surface area contributed by atoms with Gasteiger partial charge in [0.25, 0.3) is 0 Å². The highest BCUT2D eigenvalue weighted by molar-refractivity contribution is 5.89. The Hall–Kier alpha value is -3.02. The number of urea groups is 1. The summed E-state index contributed by atoms with van der Waals surface area (Å²) in [4.78, 5) is 28.3. The fourth-order valence-corrected chi connectivity index (χ4v) is 3.52. The fraction of sp³-hybridized carbons (Fsp3) is 0.417. The number of piperidine rings is 1. The Balaban J connectivity index is 1.51. The van der Waals surface area contributed by atoms with Crippen LogP contribution in [0.5, 0.6) is 0 Å². The second-order valence-electron chi connectivity index (χ2n) is 8.68. The summed E-state index contributed by atoms with van der Waals surface area (Å²) in [7, 11) is 1.81. The number of nitrogens with zero attached hydrogens (tertiary/aromatic N) is 2. The van der Waals surface area contributed by atoms with Crippen LogP contribution < -0.4 is 5.32 Å². The van der Waals surface area contributed by atoms with E-state index < -0.39 is 5.60 Å². The molecule has 0 aliphatic carbocycles. The van der Waals surface area contributed by atoms with Crippen molar-refractivity contribution >= 4 is 17.8 Å². The molecule has 1 saturated heterocycles. The van der Waals surface area contributed by atoms with Gasteiger partial charge in [-0.2, -0.15) is 0 Å². The lowest BCUT2D eigenvalue weighted by atomic mass is 10.0. The number of benzene rings is 2. The predicted octanol–water partition coefficient (Wildman–Crippen LogP) is 5.22. The van der Waals surface area contributed by atoms with Crippen LogP contribution in [0.15, 0.2) is 54.6 Å². The number of hydrogen-bond donors (Lipinski definition) is 1. The average molecular weight is 410 g/mol. The van der Waals surface area contributed by atoms with E-state index in [1.807, 2.05) is 70.3 Å². The zero-order valence-electron chi connectivity index (χ0n) is 18.2. The number of hydrogen-bond acceptors (Lipinski definition) is 3. The third-order valence-electron chi connectivity index (χ3n) is 5.23. The number of carbonyl (C=O) groups excluding carboxylic acids is 2. The van der Waals surface area contributed by atoms with Crippen molar-refractivity contribution in [3.8, 4) is 11.1 Å². The van der Waals surface area contributed by atoms with Crippen LogP contribution in [0.4, 0.5) is 15.3 Å². The minimum atomic E-state index is -0.499. The molecule has 6 heteroatoms. The highest BCUT2D eigenvalue weighted by atomic mass is 16.6. The van der Waals surface area contributed by atoms with Crippen molar-refractivity contribution < 1.29 is 14.3 Å². The van der Waals surface area contributed by atoms with Crippen LogP contribution in [0.25, 0.3) is 11.1 Å². The van der Waals surface area contributed by atoms with Gasteiger partial charge in [-0.1, -0.05) is 42.5 Å². The molecule has 0 radical (unpaired) electrons. The summed E-state index contributed by atoms with van der Waals surface area (Å²) in [5.41, 5.74) is 2.51. The van der Waals surface area contributed by atoms with Gasteiger partial charge in [-0.25, -0.2) is 9.59 Å². The fourth-order valence-electron chi connectivity index (χ4n) is 3.52. The SMILES string of the molecule is CN(C(=O)Nc1ccc(-c2ccccc2)cc1)C1CCN(C(=O)OC(C)(C)C)CC1. The number of amides is 3. The Bertz CT molecular complexity index is 852. The molecule has 6 nitrogen and oxygen atoms in total. The summed E-state index contributed by atoms with van der Waals surface area (Å²) in [6.07, 6.45) is 1.18. The molecule has 3 amide bonds. The first-order valence-corrected chi connectivity index (χ1v) is 10.4. The van der Waals surface area contributed by atoms with Crippen molar-refractivity contribution in [2.24, 2.45) is 0 Å². The Morgan fingerprint density at radius 3 is 2.10 bits per heavy atom. The van der Waals surface area contributed by atoms with E-state index >= 15 is 0 Å². The Kier molecular flexibility index (Phi) is 6.65. The standard InChI is InChI=1S/C24H31N3O3/c1-24(2,3)30-23(29)27-16-14-21(15-17-27)26(4)22(28)25-20-12-10-19(11-13-20)18-8-6-5-7-9-18/h5-13,21H,14-17H2,1-4H3,(H,25,28). The van der Waals surface area contributed by atoms with E-state index in [0.29, 0.717) is 13.1 Å². The molecule has 0 saturated carbocycles. The van der Waals surface area contributed by atoms with Crippen molar-refractivity contribution in [3.05, 3.63) is 54.6 Å². The molecule has 2 aromatic carbocycles. The molecule has 1 fully saturated rings. The molecule has 2 aromatic rings. The molecule has 160 valence electrons. The van der Waals surface area contributed by atoms with Gasteiger partial charge in [-0.15, -0.1) is 0 Å². The lowest BCUT2D eigenvalue weighted by Crippen LogP contribution is -2.49. The number of carbonyl (C=O) groups is 2. The minimum absolute atomic E-state index is 0.0901. The summed E-state index contributed by atoms with van der Waals surface area (Å²) >= 11 is 0. The zero-order valence-corrected chi connectivity index (χ0v) is 18.2. The normalized spacial score (nSPS) is 14.9. The van der Waals surface area contributed by atoms with E-state index in [1.165, 1.54) is 0 Å². The first-order chi connectivity index (χ1) is 14.2. The van der Waals surface area contributed by atoms with Gasteiger partial charge in [0.15, 0.2) is 0 Å². The van der Waals surface area contributed by atoms with Crippen molar-refractivity contribution in [2.45, 2.75) is 45.3 Å². The highest BCUT2D eigenvalue weighted by Gasteiger charge is 2.30. The Morgan fingerprint density at radius 2 is 1.53 bits per heavy atom. The van der Waals surface area contributed by atoms with Crippen LogP contribution in [0, 0.1) is 0 Å². The molecule has 0 spiro atoms. The van der Waals surface area contributed by atoms with E-state index in [-0.39, 0.29) is 18.2 Å². The topological polar surface area (TPSA) is 61.9 Å². The Morgan fingerprint density at radius 1 is 0.967 bits per heavy atom. The van der Waals surface area contributed by atoms with E-state index in [2.05, 4.69) is 17.4 Å². The lowest BCUT2D eigenvalue weighted by Gasteiger charge is -2.37. The number of nitrogens with one attached hydrogen (secondary N) is 1. The largest absolute Gasteiger partial charge is 0.444 e. The molecule has 0 bridgehead atoms. The average Bonchev–Trinajstić information content (AvgIpc) is 2.73. The van der Waals surface area contributed by atoms with Crippen molar-refractivity contribution in [3.63, 3.8) is 0 Å². The Labute approximate surface area is 178 Å². The quantitative estimate of drug-likeness (QED) is 0.756. The molecule has 1 N–H and O–H groups in total. The number of rotatable bonds is 3. The van der Waals surface area contributed by atoms with Crippen LogP contribution in [0.3, 0.4) is 0 Å². The second-order valence-corrected chi connectivity index (χ2v) is 8.68. The number of anilines is 1. The molecule has 0 unspecified atom stereocenters. The maximum Gasteiger partial charge on any atom is 0.410 e. The van der Waals surface area contributed by atoms with Gasteiger partial charge in [-0.05, 0) is 56.9 Å². The third kappa shape index (κ3) is 5.75. The molecular formula is C24H31N3O3. The minimum Gasteiger partial charge on any atom is -0.444 e. The molecular weight excluding hydrogens is 378 g/mol. The molecule has 1 aliphatic rings. The first kappa shape index (κ1) is 21.7. The smallest absolute Gasteiger partial charge is 0.410 e. The van der Waals surface area contributed by atoms with Gasteiger partial charge in [0, 0.05) is 31.9 Å². The van der Waals surface area contributed by atoms with Crippen molar-refractivity contribution in [1.82, 2.24) is 9.80 Å². The maximum atomic E-state index is 12.7. The van der Waals surface area contributed by atoms with Crippen LogP contribution in [0.1, 0.15) is 33.6 Å². The van der Waals surface area contributed by atoms with Crippen LogP contribution in [-0.2, 0) is 4.74 Å². The number of ether oxygens (including phenoxy) is 1. The van der Waals surface area contributed by atoms with Crippen molar-refractivity contribution in [2.75, 3.05) is 25.5 Å². The molecule has 30 heavy (non-hydrogen) atoms. The van der Waals surface area contributed by atoms with E-state index in [1.54, 1.807) is 9.80 Å². The van der Waals surface area contributed by atoms with E-state index in [4.69, 9.17) is 4.74 Å². The first-order valence-electron chi connectivity index (χ1n) is 10.4. The molecule has 3 rings (SSSR count).